The summed E-state index contributed by atoms with van der Waals surface area (Å²) >= 11 is 0. The number of amides is 1. The van der Waals surface area contributed by atoms with Crippen molar-refractivity contribution in [2.75, 3.05) is 11.9 Å². The van der Waals surface area contributed by atoms with Gasteiger partial charge in [0.05, 0.1) is 5.69 Å². The Hall–Kier alpha value is -2.11. The number of nitrogens with zero attached hydrogens (tertiary/aromatic N) is 3. The first kappa shape index (κ1) is 13.3. The summed E-state index contributed by atoms with van der Waals surface area (Å²) in [6.07, 6.45) is 3.77. The van der Waals surface area contributed by atoms with E-state index in [2.05, 4.69) is 36.2 Å². The summed E-state index contributed by atoms with van der Waals surface area (Å²) in [7, 11) is 0. The van der Waals surface area contributed by atoms with E-state index in [1.807, 2.05) is 12.3 Å². The summed E-state index contributed by atoms with van der Waals surface area (Å²) in [5.41, 5.74) is 6.99. The van der Waals surface area contributed by atoms with Crippen molar-refractivity contribution in [3.63, 3.8) is 0 Å². The van der Waals surface area contributed by atoms with Crippen molar-refractivity contribution >= 4 is 17.2 Å². The summed E-state index contributed by atoms with van der Waals surface area (Å²) in [6, 6.07) is 2.01. The molecule has 0 aliphatic rings. The van der Waals surface area contributed by atoms with E-state index in [1.54, 1.807) is 10.7 Å². The second kappa shape index (κ2) is 4.87. The van der Waals surface area contributed by atoms with Gasteiger partial charge in [-0.15, -0.1) is 0 Å². The van der Waals surface area contributed by atoms with Gasteiger partial charge in [-0.25, -0.2) is 9.50 Å². The molecule has 0 bridgehead atoms. The number of hydrogen-bond acceptors (Lipinski definition) is 4. The van der Waals surface area contributed by atoms with Crippen LogP contribution in [-0.4, -0.2) is 27.0 Å². The number of nitrogens with one attached hydrogen (secondary N) is 1. The van der Waals surface area contributed by atoms with Crippen LogP contribution < -0.4 is 11.1 Å². The molecular formula is C13H19N5O. The Morgan fingerprint density at radius 2 is 2.21 bits per heavy atom. The lowest BCUT2D eigenvalue weighted by atomic mass is 9.92. The van der Waals surface area contributed by atoms with Gasteiger partial charge in [0.25, 0.3) is 0 Å². The third-order valence-electron chi connectivity index (χ3n) is 2.82. The van der Waals surface area contributed by atoms with Gasteiger partial charge in [-0.1, -0.05) is 20.8 Å². The van der Waals surface area contributed by atoms with Gasteiger partial charge in [-0.2, -0.15) is 5.10 Å². The fourth-order valence-corrected chi connectivity index (χ4v) is 1.73. The summed E-state index contributed by atoms with van der Waals surface area (Å²) in [5.74, 6) is 0.384. The Balaban J connectivity index is 2.29. The van der Waals surface area contributed by atoms with Crippen LogP contribution in [0.25, 0.3) is 5.52 Å². The monoisotopic (exact) mass is 261 g/mol. The summed E-state index contributed by atoms with van der Waals surface area (Å²) in [4.78, 5) is 15.0. The van der Waals surface area contributed by atoms with E-state index >= 15 is 0 Å². The number of primary amides is 1. The molecule has 0 fully saturated rings. The fraction of sp³-hybridized carbons (Fsp3) is 0.462. The number of rotatable bonds is 4. The molecule has 0 aliphatic heterocycles. The van der Waals surface area contributed by atoms with Gasteiger partial charge in [0.15, 0.2) is 5.82 Å². The average Bonchev–Trinajstić information content (AvgIpc) is 2.72. The van der Waals surface area contributed by atoms with E-state index in [-0.39, 0.29) is 17.7 Å². The molecule has 102 valence electrons. The largest absolute Gasteiger partial charge is 0.370 e. The molecule has 19 heavy (non-hydrogen) atoms. The molecule has 2 aromatic rings. The van der Waals surface area contributed by atoms with Crippen LogP contribution in [0, 0.1) is 0 Å². The van der Waals surface area contributed by atoms with Gasteiger partial charge in [-0.05, 0) is 6.07 Å². The number of fused-ring (bicyclic) bond motifs is 1. The van der Waals surface area contributed by atoms with E-state index in [9.17, 15) is 4.79 Å². The molecule has 6 nitrogen and oxygen atoms in total. The molecule has 0 atom stereocenters. The molecule has 0 unspecified atom stereocenters. The maximum atomic E-state index is 10.7. The van der Waals surface area contributed by atoms with Crippen molar-refractivity contribution in [2.45, 2.75) is 32.6 Å². The summed E-state index contributed by atoms with van der Waals surface area (Å²) in [6.45, 7) is 6.81. The SMILES string of the molecule is CC(C)(C)c1cc2c(NCCC(N)=O)nccn2n1. The van der Waals surface area contributed by atoms with Crippen molar-refractivity contribution < 1.29 is 4.79 Å². The Labute approximate surface area is 112 Å². The van der Waals surface area contributed by atoms with E-state index in [0.29, 0.717) is 12.4 Å². The van der Waals surface area contributed by atoms with Crippen LogP contribution in [0.15, 0.2) is 18.5 Å². The second-order valence-corrected chi connectivity index (χ2v) is 5.53. The van der Waals surface area contributed by atoms with E-state index in [0.717, 1.165) is 11.2 Å². The third-order valence-corrected chi connectivity index (χ3v) is 2.82. The normalized spacial score (nSPS) is 11.7. The number of aromatic nitrogens is 3. The highest BCUT2D eigenvalue weighted by Crippen LogP contribution is 2.24. The van der Waals surface area contributed by atoms with Crippen LogP contribution in [0.1, 0.15) is 32.9 Å². The van der Waals surface area contributed by atoms with Crippen LogP contribution in [0.4, 0.5) is 5.82 Å². The number of carbonyl (C=O) groups excluding carboxylic acids is 1. The van der Waals surface area contributed by atoms with E-state index in [4.69, 9.17) is 5.73 Å². The topological polar surface area (TPSA) is 85.3 Å². The van der Waals surface area contributed by atoms with Crippen LogP contribution in [-0.2, 0) is 10.2 Å². The standard InChI is InChI=1S/C13H19N5O/c1-13(2,3)10-8-9-12(15-5-4-11(14)19)16-6-7-18(9)17-10/h6-8H,4-5H2,1-3H3,(H2,14,19)(H,15,16). The lowest BCUT2D eigenvalue weighted by molar-refractivity contribution is -0.117. The quantitative estimate of drug-likeness (QED) is 0.869. The molecule has 0 radical (unpaired) electrons. The first-order valence-corrected chi connectivity index (χ1v) is 6.25. The Bertz CT molecular complexity index is 597. The van der Waals surface area contributed by atoms with Gasteiger partial charge in [0.2, 0.25) is 5.91 Å². The molecule has 0 saturated carbocycles. The predicted molar refractivity (Wildman–Crippen MR) is 74.0 cm³/mol. The lowest BCUT2D eigenvalue weighted by Gasteiger charge is -2.13. The van der Waals surface area contributed by atoms with Crippen LogP contribution >= 0.6 is 0 Å². The van der Waals surface area contributed by atoms with E-state index < -0.39 is 0 Å². The van der Waals surface area contributed by atoms with Gasteiger partial charge in [-0.3, -0.25) is 4.79 Å². The molecular weight excluding hydrogens is 242 g/mol. The molecule has 0 aromatic carbocycles. The van der Waals surface area contributed by atoms with Crippen molar-refractivity contribution in [1.82, 2.24) is 14.6 Å². The molecule has 0 spiro atoms. The first-order valence-electron chi connectivity index (χ1n) is 6.25. The fourth-order valence-electron chi connectivity index (χ4n) is 1.73. The van der Waals surface area contributed by atoms with Gasteiger partial charge < -0.3 is 11.1 Å². The van der Waals surface area contributed by atoms with Gasteiger partial charge in [0.1, 0.15) is 5.52 Å². The number of hydrogen-bond donors (Lipinski definition) is 2. The molecule has 0 saturated heterocycles. The molecule has 0 aliphatic carbocycles. The Kier molecular flexibility index (Phi) is 3.42. The maximum absolute atomic E-state index is 10.7. The van der Waals surface area contributed by atoms with Crippen molar-refractivity contribution in [3.8, 4) is 0 Å². The number of anilines is 1. The minimum absolute atomic E-state index is 0.0173. The van der Waals surface area contributed by atoms with Gasteiger partial charge >= 0.3 is 0 Å². The zero-order valence-corrected chi connectivity index (χ0v) is 11.5. The minimum Gasteiger partial charge on any atom is -0.370 e. The van der Waals surface area contributed by atoms with Crippen LogP contribution in [0.2, 0.25) is 0 Å². The predicted octanol–water partition coefficient (Wildman–Crippen LogP) is 1.31. The van der Waals surface area contributed by atoms with Crippen molar-refractivity contribution in [1.29, 1.82) is 0 Å². The van der Waals surface area contributed by atoms with Crippen molar-refractivity contribution in [3.05, 3.63) is 24.2 Å². The Morgan fingerprint density at radius 1 is 1.47 bits per heavy atom. The highest BCUT2D eigenvalue weighted by Gasteiger charge is 2.18. The smallest absolute Gasteiger partial charge is 0.219 e. The van der Waals surface area contributed by atoms with E-state index in [1.165, 1.54) is 0 Å². The second-order valence-electron chi connectivity index (χ2n) is 5.53. The highest BCUT2D eigenvalue weighted by molar-refractivity contribution is 5.75. The molecule has 2 aromatic heterocycles. The summed E-state index contributed by atoms with van der Waals surface area (Å²) in [5, 5.41) is 7.64. The minimum atomic E-state index is -0.330. The maximum Gasteiger partial charge on any atom is 0.219 e. The molecule has 2 rings (SSSR count). The molecule has 3 N–H and O–H groups in total. The highest BCUT2D eigenvalue weighted by atomic mass is 16.1. The number of nitrogens with two attached hydrogens (primary N) is 1. The average molecular weight is 261 g/mol. The summed E-state index contributed by atoms with van der Waals surface area (Å²) < 4.78 is 1.79. The zero-order valence-electron chi connectivity index (χ0n) is 11.5. The van der Waals surface area contributed by atoms with Gasteiger partial charge in [0, 0.05) is 30.8 Å². The molecule has 6 heteroatoms. The molecule has 2 heterocycles. The van der Waals surface area contributed by atoms with Crippen LogP contribution in [0.3, 0.4) is 0 Å². The zero-order chi connectivity index (χ0) is 14.0. The lowest BCUT2D eigenvalue weighted by Crippen LogP contribution is -2.16. The van der Waals surface area contributed by atoms with Crippen LogP contribution in [0.5, 0.6) is 0 Å². The first-order chi connectivity index (χ1) is 8.88. The third kappa shape index (κ3) is 3.01. The Morgan fingerprint density at radius 3 is 2.84 bits per heavy atom. The van der Waals surface area contributed by atoms with Crippen molar-refractivity contribution in [2.24, 2.45) is 5.73 Å². The number of carbonyl (C=O) groups is 1. The molecule has 1 amide bonds.